The van der Waals surface area contributed by atoms with Crippen LogP contribution in [0.4, 0.5) is 10.1 Å². The topological polar surface area (TPSA) is 110 Å². The lowest BCUT2D eigenvalue weighted by molar-refractivity contribution is -0.387. The molecule has 0 spiro atoms. The third-order valence-corrected chi connectivity index (χ3v) is 3.68. The zero-order chi connectivity index (χ0) is 17.0. The van der Waals surface area contributed by atoms with Gasteiger partial charge < -0.3 is 14.7 Å². The van der Waals surface area contributed by atoms with Gasteiger partial charge in [-0.25, -0.2) is 0 Å². The Balaban J connectivity index is 1.86. The number of amides is 1. The third kappa shape index (κ3) is 4.15. The van der Waals surface area contributed by atoms with E-state index in [1.54, 1.807) is 0 Å². The molecule has 0 aliphatic carbocycles. The molecule has 0 saturated carbocycles. The number of nitrogens with zero attached hydrogens (tertiary/aromatic N) is 2. The molecule has 1 aromatic carbocycles. The second-order valence-corrected chi connectivity index (χ2v) is 5.15. The first-order valence-electron chi connectivity index (χ1n) is 6.96. The predicted octanol–water partition coefficient (Wildman–Crippen LogP) is 1.44. The van der Waals surface area contributed by atoms with Crippen LogP contribution in [0.5, 0.6) is 5.75 Å². The molecule has 0 atom stereocenters. The average molecular weight is 326 g/mol. The van der Waals surface area contributed by atoms with Gasteiger partial charge >= 0.3 is 11.7 Å². The van der Waals surface area contributed by atoms with Crippen LogP contribution in [0.25, 0.3) is 0 Å². The van der Waals surface area contributed by atoms with E-state index in [1.165, 1.54) is 11.0 Å². The quantitative estimate of drug-likeness (QED) is 0.647. The fourth-order valence-electron chi connectivity index (χ4n) is 2.34. The highest BCUT2D eigenvalue weighted by atomic mass is 19.1. The normalized spacial score (nSPS) is 15.3. The Bertz CT molecular complexity index is 628. The number of likely N-dealkylation sites (tertiary alicyclic amines) is 1. The number of carboxylic acids is 1. The van der Waals surface area contributed by atoms with Gasteiger partial charge in [-0.3, -0.25) is 19.7 Å². The molecular weight excluding hydrogens is 311 g/mol. The van der Waals surface area contributed by atoms with Crippen molar-refractivity contribution in [1.29, 1.82) is 0 Å². The van der Waals surface area contributed by atoms with Crippen molar-refractivity contribution in [1.82, 2.24) is 4.90 Å². The van der Waals surface area contributed by atoms with Gasteiger partial charge in [-0.05, 0) is 18.9 Å². The molecule has 124 valence electrons. The summed E-state index contributed by atoms with van der Waals surface area (Å²) in [5.41, 5.74) is -0.667. The lowest BCUT2D eigenvalue weighted by Gasteiger charge is -2.30. The molecule has 2 rings (SSSR count). The molecule has 1 amide bonds. The SMILES string of the molecule is O=C(O)C1CCN(C(=O)COc2ccc([N+](=O)[O-])c(F)c2)CC1. The highest BCUT2D eigenvalue weighted by Gasteiger charge is 2.27. The van der Waals surface area contributed by atoms with Gasteiger partial charge in [-0.2, -0.15) is 4.39 Å². The Labute approximate surface area is 130 Å². The van der Waals surface area contributed by atoms with Crippen molar-refractivity contribution in [3.8, 4) is 5.75 Å². The number of piperidine rings is 1. The number of aliphatic carboxylic acids is 1. The van der Waals surface area contributed by atoms with Crippen LogP contribution in [-0.4, -0.2) is 46.5 Å². The van der Waals surface area contributed by atoms with E-state index in [-0.39, 0.29) is 18.3 Å². The second-order valence-electron chi connectivity index (χ2n) is 5.15. The summed E-state index contributed by atoms with van der Waals surface area (Å²) in [5.74, 6) is -2.67. The molecule has 0 radical (unpaired) electrons. The Kier molecular flexibility index (Phi) is 5.09. The molecule has 9 heteroatoms. The van der Waals surface area contributed by atoms with Gasteiger partial charge in [-0.1, -0.05) is 0 Å². The van der Waals surface area contributed by atoms with Gasteiger partial charge in [0.25, 0.3) is 5.91 Å². The standard InChI is InChI=1S/C14H15FN2O6/c15-11-7-10(1-2-12(11)17(21)22)23-8-13(18)16-5-3-9(4-6-16)14(19)20/h1-2,7,9H,3-6,8H2,(H,19,20). The van der Waals surface area contributed by atoms with Crippen molar-refractivity contribution in [3.63, 3.8) is 0 Å². The van der Waals surface area contributed by atoms with Crippen LogP contribution in [0.15, 0.2) is 18.2 Å². The summed E-state index contributed by atoms with van der Waals surface area (Å²) in [6.45, 7) is 0.316. The molecule has 1 saturated heterocycles. The van der Waals surface area contributed by atoms with Crippen LogP contribution in [0, 0.1) is 21.8 Å². The highest BCUT2D eigenvalue weighted by Crippen LogP contribution is 2.22. The van der Waals surface area contributed by atoms with Gasteiger partial charge in [0, 0.05) is 25.2 Å². The minimum absolute atomic E-state index is 0.0156. The molecule has 1 aliphatic heterocycles. The summed E-state index contributed by atoms with van der Waals surface area (Å²) in [7, 11) is 0. The summed E-state index contributed by atoms with van der Waals surface area (Å²) >= 11 is 0. The fourth-order valence-corrected chi connectivity index (χ4v) is 2.34. The molecule has 0 unspecified atom stereocenters. The summed E-state index contributed by atoms with van der Waals surface area (Å²) in [6, 6.07) is 3.03. The van der Waals surface area contributed by atoms with E-state index in [9.17, 15) is 24.1 Å². The molecule has 1 aliphatic rings. The lowest BCUT2D eigenvalue weighted by Crippen LogP contribution is -2.42. The maximum atomic E-state index is 13.4. The first-order chi connectivity index (χ1) is 10.9. The Hall–Kier alpha value is -2.71. The lowest BCUT2D eigenvalue weighted by atomic mass is 9.97. The number of carboxylic acid groups (broad SMARTS) is 1. The van der Waals surface area contributed by atoms with Crippen LogP contribution in [0.3, 0.4) is 0 Å². The molecule has 1 aromatic rings. The van der Waals surface area contributed by atoms with Crippen LogP contribution in [-0.2, 0) is 9.59 Å². The summed E-state index contributed by atoms with van der Waals surface area (Å²) in [6.07, 6.45) is 0.764. The van der Waals surface area contributed by atoms with E-state index in [4.69, 9.17) is 9.84 Å². The smallest absolute Gasteiger partial charge is 0.306 e. The second kappa shape index (κ2) is 7.03. The molecule has 8 nitrogen and oxygen atoms in total. The molecular formula is C14H15FN2O6. The number of halogens is 1. The Morgan fingerprint density at radius 1 is 1.39 bits per heavy atom. The van der Waals surface area contributed by atoms with Gasteiger partial charge in [0.05, 0.1) is 10.8 Å². The van der Waals surface area contributed by atoms with Crippen molar-refractivity contribution in [2.75, 3.05) is 19.7 Å². The van der Waals surface area contributed by atoms with E-state index >= 15 is 0 Å². The van der Waals surface area contributed by atoms with Gasteiger partial charge in [0.1, 0.15) is 5.75 Å². The zero-order valence-electron chi connectivity index (χ0n) is 12.1. The number of nitro groups is 1. The van der Waals surface area contributed by atoms with Crippen LogP contribution >= 0.6 is 0 Å². The minimum Gasteiger partial charge on any atom is -0.484 e. The number of hydrogen-bond acceptors (Lipinski definition) is 5. The van der Waals surface area contributed by atoms with E-state index in [2.05, 4.69) is 0 Å². The third-order valence-electron chi connectivity index (χ3n) is 3.68. The van der Waals surface area contributed by atoms with E-state index in [1.807, 2.05) is 0 Å². The number of nitro benzene ring substituents is 1. The molecule has 23 heavy (non-hydrogen) atoms. The average Bonchev–Trinajstić information content (AvgIpc) is 2.52. The molecule has 0 aromatic heterocycles. The van der Waals surface area contributed by atoms with Crippen molar-refractivity contribution in [2.45, 2.75) is 12.8 Å². The minimum atomic E-state index is -1.04. The predicted molar refractivity (Wildman–Crippen MR) is 75.5 cm³/mol. The molecule has 1 heterocycles. The van der Waals surface area contributed by atoms with Crippen LogP contribution in [0.1, 0.15) is 12.8 Å². The summed E-state index contributed by atoms with van der Waals surface area (Å²) < 4.78 is 18.6. The molecule has 0 bridgehead atoms. The van der Waals surface area contributed by atoms with E-state index in [0.29, 0.717) is 25.9 Å². The van der Waals surface area contributed by atoms with Gasteiger partial charge in [0.2, 0.25) is 5.82 Å². The number of hydrogen-bond donors (Lipinski definition) is 1. The maximum absolute atomic E-state index is 13.4. The van der Waals surface area contributed by atoms with Crippen molar-refractivity contribution in [3.05, 3.63) is 34.1 Å². The monoisotopic (exact) mass is 326 g/mol. The van der Waals surface area contributed by atoms with Gasteiger partial charge in [-0.15, -0.1) is 0 Å². The number of carbonyl (C=O) groups is 2. The van der Waals surface area contributed by atoms with Crippen molar-refractivity contribution in [2.24, 2.45) is 5.92 Å². The number of carbonyl (C=O) groups excluding carboxylic acids is 1. The zero-order valence-corrected chi connectivity index (χ0v) is 12.1. The van der Waals surface area contributed by atoms with Crippen LogP contribution in [0.2, 0.25) is 0 Å². The molecule has 1 N–H and O–H groups in total. The van der Waals surface area contributed by atoms with Gasteiger partial charge in [0.15, 0.2) is 6.61 Å². The van der Waals surface area contributed by atoms with Crippen molar-refractivity contribution >= 4 is 17.6 Å². The van der Waals surface area contributed by atoms with E-state index in [0.717, 1.165) is 12.1 Å². The van der Waals surface area contributed by atoms with Crippen LogP contribution < -0.4 is 4.74 Å². The number of rotatable bonds is 5. The first kappa shape index (κ1) is 16.7. The fraction of sp³-hybridized carbons (Fsp3) is 0.429. The largest absolute Gasteiger partial charge is 0.484 e. The highest BCUT2D eigenvalue weighted by molar-refractivity contribution is 5.78. The van der Waals surface area contributed by atoms with E-state index < -0.39 is 28.3 Å². The Morgan fingerprint density at radius 2 is 2.04 bits per heavy atom. The van der Waals surface area contributed by atoms with Crippen molar-refractivity contribution < 1.29 is 28.7 Å². The summed E-state index contributed by atoms with van der Waals surface area (Å²) in [4.78, 5) is 33.9. The summed E-state index contributed by atoms with van der Waals surface area (Å²) in [5, 5.41) is 19.4. The molecule has 1 fully saturated rings. The number of benzene rings is 1. The maximum Gasteiger partial charge on any atom is 0.306 e. The Morgan fingerprint density at radius 3 is 2.57 bits per heavy atom. The number of ether oxygens (including phenoxy) is 1. The first-order valence-corrected chi connectivity index (χ1v) is 6.96.